The van der Waals surface area contributed by atoms with Crippen LogP contribution in [-0.4, -0.2) is 18.9 Å². The van der Waals surface area contributed by atoms with Gasteiger partial charge in [0.15, 0.2) is 0 Å². The molecule has 0 aliphatic rings. The summed E-state index contributed by atoms with van der Waals surface area (Å²) in [5.74, 6) is -0.367. The Bertz CT molecular complexity index is 1270. The zero-order valence-corrected chi connectivity index (χ0v) is 18.9. The lowest BCUT2D eigenvalue weighted by molar-refractivity contribution is -0.121. The third-order valence-corrected chi connectivity index (χ3v) is 7.09. The summed E-state index contributed by atoms with van der Waals surface area (Å²) >= 11 is 0. The molecule has 3 rings (SSSR count). The van der Waals surface area contributed by atoms with E-state index in [9.17, 15) is 18.0 Å². The second kappa shape index (κ2) is 8.89. The predicted octanol–water partition coefficient (Wildman–Crippen LogP) is 3.23. The van der Waals surface area contributed by atoms with Crippen LogP contribution in [0.15, 0.2) is 69.2 Å². The molecule has 0 aliphatic heterocycles. The van der Waals surface area contributed by atoms with Gasteiger partial charge in [-0.2, -0.15) is 0 Å². The molecule has 3 aromatic rings. The summed E-state index contributed by atoms with van der Waals surface area (Å²) in [6.45, 7) is 7.19. The summed E-state index contributed by atoms with van der Waals surface area (Å²) in [5.41, 5.74) is 3.18. The highest BCUT2D eigenvalue weighted by Gasteiger charge is 2.26. The Balaban J connectivity index is 1.90. The number of sulfone groups is 1. The second-order valence-corrected chi connectivity index (χ2v) is 9.65. The van der Waals surface area contributed by atoms with Gasteiger partial charge in [0.05, 0.1) is 4.90 Å². The van der Waals surface area contributed by atoms with Crippen LogP contribution in [0.25, 0.3) is 0 Å². The molecule has 6 nitrogen and oxygen atoms in total. The van der Waals surface area contributed by atoms with Gasteiger partial charge in [0.25, 0.3) is 5.56 Å². The first-order valence-corrected chi connectivity index (χ1v) is 11.4. The van der Waals surface area contributed by atoms with Crippen LogP contribution < -0.4 is 10.9 Å². The van der Waals surface area contributed by atoms with Gasteiger partial charge >= 0.3 is 0 Å². The van der Waals surface area contributed by atoms with Gasteiger partial charge in [-0.1, -0.05) is 47.5 Å². The minimum Gasteiger partial charge on any atom is -0.350 e. The number of nitrogens with zero attached hydrogens (tertiary/aromatic N) is 1. The summed E-state index contributed by atoms with van der Waals surface area (Å²) in [7, 11) is -4.02. The van der Waals surface area contributed by atoms with Gasteiger partial charge in [-0.3, -0.25) is 9.59 Å². The quantitative estimate of drug-likeness (QED) is 0.640. The number of amides is 1. The van der Waals surface area contributed by atoms with Crippen LogP contribution in [0.4, 0.5) is 0 Å². The smallest absolute Gasteiger partial charge is 0.270 e. The van der Waals surface area contributed by atoms with Crippen LogP contribution in [-0.2, 0) is 27.7 Å². The van der Waals surface area contributed by atoms with E-state index in [1.807, 2.05) is 38.1 Å². The molecule has 0 bridgehead atoms. The average molecular weight is 439 g/mol. The van der Waals surface area contributed by atoms with E-state index in [4.69, 9.17) is 0 Å². The van der Waals surface area contributed by atoms with Crippen molar-refractivity contribution in [2.75, 3.05) is 0 Å². The normalized spacial score (nSPS) is 11.4. The third kappa shape index (κ3) is 4.94. The number of benzene rings is 2. The third-order valence-electron chi connectivity index (χ3n) is 5.16. The van der Waals surface area contributed by atoms with Crippen LogP contribution in [0, 0.1) is 27.7 Å². The molecule has 1 heterocycles. The molecule has 0 radical (unpaired) electrons. The Morgan fingerprint density at radius 1 is 0.903 bits per heavy atom. The first-order valence-electron chi connectivity index (χ1n) is 9.94. The molecular formula is C24H26N2O4S. The number of carbonyl (C=O) groups excluding carboxylic acids is 1. The molecular weight excluding hydrogens is 412 g/mol. The van der Waals surface area contributed by atoms with E-state index < -0.39 is 15.4 Å². The van der Waals surface area contributed by atoms with E-state index in [0.717, 1.165) is 16.7 Å². The Morgan fingerprint density at radius 2 is 1.45 bits per heavy atom. The largest absolute Gasteiger partial charge is 0.350 e. The van der Waals surface area contributed by atoms with E-state index in [1.165, 1.54) is 16.7 Å². The number of aromatic nitrogens is 1. The molecule has 0 saturated heterocycles. The summed E-state index contributed by atoms with van der Waals surface area (Å²) in [5, 5.41) is 2.78. The fraction of sp³-hybridized carbons (Fsp3) is 0.250. The lowest BCUT2D eigenvalue weighted by Crippen LogP contribution is -2.35. The number of hydrogen-bond acceptors (Lipinski definition) is 4. The molecule has 0 saturated carbocycles. The van der Waals surface area contributed by atoms with Gasteiger partial charge in [0.2, 0.25) is 15.7 Å². The molecule has 162 valence electrons. The predicted molar refractivity (Wildman–Crippen MR) is 120 cm³/mol. The fourth-order valence-electron chi connectivity index (χ4n) is 3.37. The first-order chi connectivity index (χ1) is 14.6. The highest BCUT2D eigenvalue weighted by molar-refractivity contribution is 7.91. The van der Waals surface area contributed by atoms with Crippen LogP contribution >= 0.6 is 0 Å². The molecule has 0 fully saturated rings. The number of aryl methyl sites for hydroxylation is 4. The summed E-state index contributed by atoms with van der Waals surface area (Å²) in [4.78, 5) is 25.4. The van der Waals surface area contributed by atoms with Crippen LogP contribution in [0.2, 0.25) is 0 Å². The Labute approximate surface area is 182 Å². The maximum absolute atomic E-state index is 13.2. The number of nitrogens with one attached hydrogen (secondary N) is 1. The van der Waals surface area contributed by atoms with Crippen molar-refractivity contribution in [1.29, 1.82) is 0 Å². The number of carbonyl (C=O) groups is 1. The van der Waals surface area contributed by atoms with Gasteiger partial charge in [-0.15, -0.1) is 0 Å². The average Bonchev–Trinajstić information content (AvgIpc) is 2.70. The SMILES string of the molecule is Cc1ccc(CNC(=O)Cn2c(C)cc(C)c(S(=O)(=O)c3ccc(C)cc3)c2=O)cc1. The molecule has 31 heavy (non-hydrogen) atoms. The Morgan fingerprint density at radius 3 is 2.03 bits per heavy atom. The summed E-state index contributed by atoms with van der Waals surface area (Å²) < 4.78 is 27.5. The maximum Gasteiger partial charge on any atom is 0.270 e. The van der Waals surface area contributed by atoms with E-state index in [1.54, 1.807) is 32.0 Å². The van der Waals surface area contributed by atoms with Crippen molar-refractivity contribution in [3.8, 4) is 0 Å². The zero-order valence-electron chi connectivity index (χ0n) is 18.1. The summed E-state index contributed by atoms with van der Waals surface area (Å²) in [6.07, 6.45) is 0. The molecule has 0 unspecified atom stereocenters. The molecule has 0 aliphatic carbocycles. The molecule has 1 N–H and O–H groups in total. The van der Waals surface area contributed by atoms with Crippen molar-refractivity contribution >= 4 is 15.7 Å². The second-order valence-electron chi connectivity index (χ2n) is 7.77. The van der Waals surface area contributed by atoms with E-state index in [2.05, 4.69) is 5.32 Å². The van der Waals surface area contributed by atoms with Crippen molar-refractivity contribution in [3.05, 3.63) is 92.9 Å². The molecule has 0 spiro atoms. The Hall–Kier alpha value is -3.19. The minimum absolute atomic E-state index is 0.0533. The summed E-state index contributed by atoms with van der Waals surface area (Å²) in [6, 6.07) is 15.7. The first kappa shape index (κ1) is 22.5. The molecule has 2 aromatic carbocycles. The van der Waals surface area contributed by atoms with Gasteiger partial charge in [-0.05, 0) is 57.0 Å². The van der Waals surface area contributed by atoms with Gasteiger partial charge < -0.3 is 9.88 Å². The van der Waals surface area contributed by atoms with E-state index in [-0.39, 0.29) is 22.2 Å². The highest BCUT2D eigenvalue weighted by Crippen LogP contribution is 2.22. The van der Waals surface area contributed by atoms with Gasteiger partial charge in [0, 0.05) is 12.2 Å². The lowest BCUT2D eigenvalue weighted by atomic mass is 10.1. The lowest BCUT2D eigenvalue weighted by Gasteiger charge is -2.15. The number of pyridine rings is 1. The van der Waals surface area contributed by atoms with Crippen molar-refractivity contribution in [3.63, 3.8) is 0 Å². The Kier molecular flexibility index (Phi) is 6.45. The van der Waals surface area contributed by atoms with Gasteiger partial charge in [-0.25, -0.2) is 8.42 Å². The molecule has 0 atom stereocenters. The molecule has 1 aromatic heterocycles. The minimum atomic E-state index is -4.02. The van der Waals surface area contributed by atoms with Crippen LogP contribution in [0.3, 0.4) is 0 Å². The maximum atomic E-state index is 13.2. The highest BCUT2D eigenvalue weighted by atomic mass is 32.2. The number of rotatable bonds is 6. The molecule has 7 heteroatoms. The monoisotopic (exact) mass is 438 g/mol. The van der Waals surface area contributed by atoms with Crippen molar-refractivity contribution in [2.45, 2.75) is 50.6 Å². The van der Waals surface area contributed by atoms with E-state index in [0.29, 0.717) is 17.8 Å². The van der Waals surface area contributed by atoms with Crippen molar-refractivity contribution < 1.29 is 13.2 Å². The zero-order chi connectivity index (χ0) is 22.8. The topological polar surface area (TPSA) is 85.2 Å². The van der Waals surface area contributed by atoms with Gasteiger partial charge in [0.1, 0.15) is 11.4 Å². The molecule has 1 amide bonds. The van der Waals surface area contributed by atoms with Crippen molar-refractivity contribution in [2.24, 2.45) is 0 Å². The van der Waals surface area contributed by atoms with E-state index >= 15 is 0 Å². The fourth-order valence-corrected chi connectivity index (χ4v) is 4.93. The standard InChI is InChI=1S/C24H26N2O4S/c1-16-5-9-20(10-6-16)14-25-22(27)15-26-19(4)13-18(3)23(24(26)28)31(29,30)21-11-7-17(2)8-12-21/h5-13H,14-15H2,1-4H3,(H,25,27). The van der Waals surface area contributed by atoms with Crippen LogP contribution in [0.1, 0.15) is 27.9 Å². The number of hydrogen-bond donors (Lipinski definition) is 1. The van der Waals surface area contributed by atoms with Crippen molar-refractivity contribution in [1.82, 2.24) is 9.88 Å². The van der Waals surface area contributed by atoms with Crippen LogP contribution in [0.5, 0.6) is 0 Å².